The smallest absolute Gasteiger partial charge is 0.0580 e. The average Bonchev–Trinajstić information content (AvgIpc) is 2.32. The largest absolute Gasteiger partial charge is 0.393 e. The Morgan fingerprint density at radius 2 is 1.94 bits per heavy atom. The molecule has 1 aliphatic carbocycles. The molecule has 3 unspecified atom stereocenters. The van der Waals surface area contributed by atoms with Crippen molar-refractivity contribution in [3.8, 4) is 0 Å². The summed E-state index contributed by atoms with van der Waals surface area (Å²) in [6.07, 6.45) is 8.63. The molecular formula is C15H31NO. The third-order valence-electron chi connectivity index (χ3n) is 4.32. The first kappa shape index (κ1) is 15.0. The van der Waals surface area contributed by atoms with Crippen molar-refractivity contribution in [2.24, 2.45) is 11.8 Å². The first-order chi connectivity index (χ1) is 8.17. The molecule has 0 aromatic carbocycles. The summed E-state index contributed by atoms with van der Waals surface area (Å²) < 4.78 is 0. The summed E-state index contributed by atoms with van der Waals surface area (Å²) in [4.78, 5) is 2.42. The molecule has 0 radical (unpaired) electrons. The van der Waals surface area contributed by atoms with E-state index in [4.69, 9.17) is 0 Å². The van der Waals surface area contributed by atoms with E-state index in [-0.39, 0.29) is 6.10 Å². The van der Waals surface area contributed by atoms with Crippen molar-refractivity contribution in [3.63, 3.8) is 0 Å². The van der Waals surface area contributed by atoms with Gasteiger partial charge in [0, 0.05) is 6.54 Å². The van der Waals surface area contributed by atoms with E-state index in [9.17, 15) is 5.11 Å². The molecule has 0 aromatic heterocycles. The van der Waals surface area contributed by atoms with E-state index in [0.717, 1.165) is 18.9 Å². The van der Waals surface area contributed by atoms with Crippen molar-refractivity contribution >= 4 is 0 Å². The van der Waals surface area contributed by atoms with Gasteiger partial charge in [0.1, 0.15) is 0 Å². The van der Waals surface area contributed by atoms with Crippen LogP contribution in [0.3, 0.4) is 0 Å². The van der Waals surface area contributed by atoms with Gasteiger partial charge in [0.05, 0.1) is 6.10 Å². The van der Waals surface area contributed by atoms with Crippen LogP contribution in [-0.4, -0.2) is 36.2 Å². The molecule has 0 aliphatic heterocycles. The Hall–Kier alpha value is -0.0800. The van der Waals surface area contributed by atoms with E-state index in [1.807, 2.05) is 0 Å². The molecule has 102 valence electrons. The lowest BCUT2D eigenvalue weighted by molar-refractivity contribution is 0.0307. The minimum absolute atomic E-state index is 0.0496. The summed E-state index contributed by atoms with van der Waals surface area (Å²) >= 11 is 0. The third kappa shape index (κ3) is 5.39. The first-order valence-corrected chi connectivity index (χ1v) is 7.53. The average molecular weight is 241 g/mol. The van der Waals surface area contributed by atoms with Gasteiger partial charge >= 0.3 is 0 Å². The predicted molar refractivity (Wildman–Crippen MR) is 74.2 cm³/mol. The summed E-state index contributed by atoms with van der Waals surface area (Å²) in [5.74, 6) is 1.37. The Kier molecular flexibility index (Phi) is 7.14. The van der Waals surface area contributed by atoms with Gasteiger partial charge in [0.25, 0.3) is 0 Å². The molecule has 3 atom stereocenters. The number of nitrogens with zero attached hydrogens (tertiary/aromatic N) is 1. The Morgan fingerprint density at radius 1 is 1.18 bits per heavy atom. The van der Waals surface area contributed by atoms with Gasteiger partial charge in [-0.1, -0.05) is 33.1 Å². The maximum Gasteiger partial charge on any atom is 0.0580 e. The summed E-state index contributed by atoms with van der Waals surface area (Å²) in [5, 5.41) is 10.1. The number of rotatable bonds is 7. The summed E-state index contributed by atoms with van der Waals surface area (Å²) in [5.41, 5.74) is 0. The maximum atomic E-state index is 10.1. The van der Waals surface area contributed by atoms with Crippen LogP contribution in [0.5, 0.6) is 0 Å². The predicted octanol–water partition coefficient (Wildman–Crippen LogP) is 3.30. The number of aliphatic hydroxyl groups excluding tert-OH is 1. The van der Waals surface area contributed by atoms with Crippen LogP contribution >= 0.6 is 0 Å². The molecule has 0 saturated heterocycles. The van der Waals surface area contributed by atoms with Gasteiger partial charge in [-0.2, -0.15) is 0 Å². The van der Waals surface area contributed by atoms with Crippen LogP contribution in [-0.2, 0) is 0 Å². The molecule has 1 fully saturated rings. The topological polar surface area (TPSA) is 23.5 Å². The van der Waals surface area contributed by atoms with Gasteiger partial charge in [-0.15, -0.1) is 0 Å². The highest BCUT2D eigenvalue weighted by atomic mass is 16.3. The summed E-state index contributed by atoms with van der Waals surface area (Å²) in [6.45, 7) is 6.80. The lowest BCUT2D eigenvalue weighted by Crippen LogP contribution is -2.37. The fourth-order valence-electron chi connectivity index (χ4n) is 3.04. The number of hydrogen-bond acceptors (Lipinski definition) is 2. The van der Waals surface area contributed by atoms with Crippen LogP contribution in [0.25, 0.3) is 0 Å². The minimum atomic E-state index is -0.0496. The summed E-state index contributed by atoms with van der Waals surface area (Å²) in [6, 6.07) is 0. The van der Waals surface area contributed by atoms with Crippen molar-refractivity contribution in [1.29, 1.82) is 0 Å². The zero-order valence-electron chi connectivity index (χ0n) is 12.0. The molecule has 0 bridgehead atoms. The zero-order chi connectivity index (χ0) is 12.7. The standard InChI is InChI=1S/C15H31NO/c1-4-6-7-10-16(3)12-14-11-13(5-2)8-9-15(14)17/h13-15,17H,4-12H2,1-3H3. The molecule has 1 aliphatic rings. The van der Waals surface area contributed by atoms with E-state index in [1.165, 1.54) is 45.1 Å². The van der Waals surface area contributed by atoms with Gasteiger partial charge in [-0.05, 0) is 51.1 Å². The zero-order valence-corrected chi connectivity index (χ0v) is 12.0. The number of hydrogen-bond donors (Lipinski definition) is 1. The van der Waals surface area contributed by atoms with Crippen LogP contribution in [0.1, 0.15) is 58.8 Å². The van der Waals surface area contributed by atoms with Gasteiger partial charge in [0.2, 0.25) is 0 Å². The Balaban J connectivity index is 2.27. The highest BCUT2D eigenvalue weighted by Crippen LogP contribution is 2.31. The second kappa shape index (κ2) is 8.10. The first-order valence-electron chi connectivity index (χ1n) is 7.53. The molecule has 0 spiro atoms. The highest BCUT2D eigenvalue weighted by molar-refractivity contribution is 4.81. The van der Waals surface area contributed by atoms with Crippen LogP contribution in [0.2, 0.25) is 0 Å². The van der Waals surface area contributed by atoms with Crippen molar-refractivity contribution in [3.05, 3.63) is 0 Å². The Labute approximate surface area is 107 Å². The van der Waals surface area contributed by atoms with Crippen molar-refractivity contribution < 1.29 is 5.11 Å². The molecule has 1 saturated carbocycles. The molecule has 17 heavy (non-hydrogen) atoms. The second-order valence-corrected chi connectivity index (χ2v) is 5.88. The Morgan fingerprint density at radius 3 is 2.59 bits per heavy atom. The van der Waals surface area contributed by atoms with Crippen molar-refractivity contribution in [2.75, 3.05) is 20.1 Å². The molecule has 1 N–H and O–H groups in total. The van der Waals surface area contributed by atoms with E-state index < -0.39 is 0 Å². The molecule has 0 aromatic rings. The molecule has 0 heterocycles. The number of unbranched alkanes of at least 4 members (excludes halogenated alkanes) is 2. The van der Waals surface area contributed by atoms with Crippen molar-refractivity contribution in [2.45, 2.75) is 64.9 Å². The fourth-order valence-corrected chi connectivity index (χ4v) is 3.04. The lowest BCUT2D eigenvalue weighted by atomic mass is 9.78. The monoisotopic (exact) mass is 241 g/mol. The van der Waals surface area contributed by atoms with E-state index in [2.05, 4.69) is 25.8 Å². The van der Waals surface area contributed by atoms with E-state index in [1.54, 1.807) is 0 Å². The second-order valence-electron chi connectivity index (χ2n) is 5.88. The third-order valence-corrected chi connectivity index (χ3v) is 4.32. The molecular weight excluding hydrogens is 210 g/mol. The highest BCUT2D eigenvalue weighted by Gasteiger charge is 2.28. The maximum absolute atomic E-state index is 10.1. The molecule has 1 rings (SSSR count). The van der Waals surface area contributed by atoms with Crippen molar-refractivity contribution in [1.82, 2.24) is 4.90 Å². The van der Waals surface area contributed by atoms with Crippen LogP contribution in [0.15, 0.2) is 0 Å². The van der Waals surface area contributed by atoms with Gasteiger partial charge in [-0.3, -0.25) is 0 Å². The summed E-state index contributed by atoms with van der Waals surface area (Å²) in [7, 11) is 2.21. The SMILES string of the molecule is CCCCCN(C)CC1CC(CC)CCC1O. The van der Waals surface area contributed by atoms with Crippen LogP contribution in [0.4, 0.5) is 0 Å². The van der Waals surface area contributed by atoms with Crippen LogP contribution in [0, 0.1) is 11.8 Å². The molecule has 2 nitrogen and oxygen atoms in total. The fraction of sp³-hybridized carbons (Fsp3) is 1.00. The van der Waals surface area contributed by atoms with Crippen LogP contribution < -0.4 is 0 Å². The van der Waals surface area contributed by atoms with Gasteiger partial charge in [-0.25, -0.2) is 0 Å². The minimum Gasteiger partial charge on any atom is -0.393 e. The Bertz CT molecular complexity index is 195. The van der Waals surface area contributed by atoms with E-state index in [0.29, 0.717) is 5.92 Å². The van der Waals surface area contributed by atoms with E-state index >= 15 is 0 Å². The lowest BCUT2D eigenvalue weighted by Gasteiger charge is -2.35. The van der Waals surface area contributed by atoms with Gasteiger partial charge in [0.15, 0.2) is 0 Å². The number of aliphatic hydroxyl groups is 1. The quantitative estimate of drug-likeness (QED) is 0.691. The molecule has 0 amide bonds. The molecule has 2 heteroatoms. The van der Waals surface area contributed by atoms with Gasteiger partial charge < -0.3 is 10.0 Å². The normalized spacial score (nSPS) is 29.8.